The molecule has 3 rings (SSSR count). The quantitative estimate of drug-likeness (QED) is 0.528. The average molecular weight is 341 g/mol. The summed E-state index contributed by atoms with van der Waals surface area (Å²) in [6.07, 6.45) is 1.38. The number of para-hydroxylation sites is 1. The maximum absolute atomic E-state index is 11.9. The smallest absolute Gasteiger partial charge is 0.234 e. The lowest BCUT2D eigenvalue weighted by Gasteiger charge is -2.08. The number of amides is 1. The summed E-state index contributed by atoms with van der Waals surface area (Å²) in [7, 11) is 0. The van der Waals surface area contributed by atoms with E-state index in [1.54, 1.807) is 24.3 Å². The molecule has 2 aromatic carbocycles. The van der Waals surface area contributed by atoms with Gasteiger partial charge in [-0.3, -0.25) is 4.79 Å². The summed E-state index contributed by atoms with van der Waals surface area (Å²) >= 11 is 1.21. The fourth-order valence-electron chi connectivity index (χ4n) is 1.89. The van der Waals surface area contributed by atoms with Crippen LogP contribution in [0.3, 0.4) is 0 Å². The lowest BCUT2D eigenvalue weighted by atomic mass is 10.3. The first-order chi connectivity index (χ1) is 11.7. The standard InChI is InChI=1S/C16H15N5O2S/c17-21-11-18-20-16(21)24-10-15(22)19-12-6-8-14(9-7-12)23-13-4-2-1-3-5-13/h1-9,11H,10,17H2,(H,19,22). The van der Waals surface area contributed by atoms with E-state index in [-0.39, 0.29) is 11.7 Å². The molecule has 1 amide bonds. The summed E-state index contributed by atoms with van der Waals surface area (Å²) < 4.78 is 6.97. The van der Waals surface area contributed by atoms with Gasteiger partial charge < -0.3 is 15.9 Å². The van der Waals surface area contributed by atoms with Gasteiger partial charge in [0.25, 0.3) is 0 Å². The molecule has 0 radical (unpaired) electrons. The van der Waals surface area contributed by atoms with Crippen molar-refractivity contribution in [1.29, 1.82) is 0 Å². The number of nitrogen functional groups attached to an aromatic ring is 1. The van der Waals surface area contributed by atoms with Crippen molar-refractivity contribution in [3.63, 3.8) is 0 Å². The first-order valence-corrected chi connectivity index (χ1v) is 8.10. The van der Waals surface area contributed by atoms with Crippen LogP contribution in [-0.4, -0.2) is 26.5 Å². The number of carbonyl (C=O) groups is 1. The van der Waals surface area contributed by atoms with Crippen LogP contribution in [0.25, 0.3) is 0 Å². The van der Waals surface area contributed by atoms with Crippen molar-refractivity contribution in [3.8, 4) is 11.5 Å². The lowest BCUT2D eigenvalue weighted by Crippen LogP contribution is -2.15. The molecule has 7 nitrogen and oxygen atoms in total. The third-order valence-electron chi connectivity index (χ3n) is 2.99. The molecule has 8 heteroatoms. The number of hydrogen-bond donors (Lipinski definition) is 2. The van der Waals surface area contributed by atoms with E-state index in [0.29, 0.717) is 16.6 Å². The Balaban J connectivity index is 1.52. The fourth-order valence-corrected chi connectivity index (χ4v) is 2.53. The van der Waals surface area contributed by atoms with Crippen molar-refractivity contribution >= 4 is 23.4 Å². The molecule has 1 aromatic heterocycles. The van der Waals surface area contributed by atoms with E-state index in [9.17, 15) is 4.79 Å². The number of rotatable bonds is 6. The Kier molecular flexibility index (Phi) is 4.97. The first kappa shape index (κ1) is 15.9. The van der Waals surface area contributed by atoms with Crippen LogP contribution in [0.2, 0.25) is 0 Å². The second-order valence-electron chi connectivity index (χ2n) is 4.80. The van der Waals surface area contributed by atoms with Crippen LogP contribution >= 0.6 is 11.8 Å². The summed E-state index contributed by atoms with van der Waals surface area (Å²) in [5.74, 6) is 7.08. The van der Waals surface area contributed by atoms with Crippen molar-refractivity contribution in [3.05, 3.63) is 60.9 Å². The van der Waals surface area contributed by atoms with Gasteiger partial charge in [-0.25, -0.2) is 4.68 Å². The molecule has 122 valence electrons. The number of ether oxygens (including phenoxy) is 1. The Morgan fingerprint density at radius 3 is 2.50 bits per heavy atom. The van der Waals surface area contributed by atoms with Crippen LogP contribution in [0, 0.1) is 0 Å². The van der Waals surface area contributed by atoms with Gasteiger partial charge in [0.2, 0.25) is 11.1 Å². The Hall–Kier alpha value is -3.00. The molecule has 3 aromatic rings. The van der Waals surface area contributed by atoms with Gasteiger partial charge in [0.15, 0.2) is 0 Å². The normalized spacial score (nSPS) is 10.3. The SMILES string of the molecule is Nn1cnnc1SCC(=O)Nc1ccc(Oc2ccccc2)cc1. The van der Waals surface area contributed by atoms with Gasteiger partial charge in [0, 0.05) is 5.69 Å². The highest BCUT2D eigenvalue weighted by Gasteiger charge is 2.08. The predicted molar refractivity (Wildman–Crippen MR) is 92.5 cm³/mol. The number of benzene rings is 2. The molecule has 0 aliphatic rings. The van der Waals surface area contributed by atoms with Gasteiger partial charge in [0.05, 0.1) is 5.75 Å². The van der Waals surface area contributed by atoms with Crippen molar-refractivity contribution in [2.75, 3.05) is 16.9 Å². The maximum Gasteiger partial charge on any atom is 0.234 e. The molecule has 0 bridgehead atoms. The molecule has 1 heterocycles. The van der Waals surface area contributed by atoms with E-state index in [4.69, 9.17) is 10.6 Å². The van der Waals surface area contributed by atoms with Crippen molar-refractivity contribution in [2.24, 2.45) is 0 Å². The zero-order chi connectivity index (χ0) is 16.8. The molecule has 0 aliphatic carbocycles. The van der Waals surface area contributed by atoms with Gasteiger partial charge >= 0.3 is 0 Å². The summed E-state index contributed by atoms with van der Waals surface area (Å²) in [4.78, 5) is 11.9. The summed E-state index contributed by atoms with van der Waals surface area (Å²) in [6.45, 7) is 0. The zero-order valence-electron chi connectivity index (χ0n) is 12.6. The maximum atomic E-state index is 11.9. The second-order valence-corrected chi connectivity index (χ2v) is 5.74. The molecule has 0 saturated carbocycles. The number of aromatic nitrogens is 3. The minimum atomic E-state index is -0.153. The molecule has 3 N–H and O–H groups in total. The highest BCUT2D eigenvalue weighted by Crippen LogP contribution is 2.22. The van der Waals surface area contributed by atoms with E-state index < -0.39 is 0 Å². The number of anilines is 1. The number of nitrogens with zero attached hydrogens (tertiary/aromatic N) is 3. The summed E-state index contributed by atoms with van der Waals surface area (Å²) in [5.41, 5.74) is 0.690. The van der Waals surface area contributed by atoms with Crippen LogP contribution in [0.4, 0.5) is 5.69 Å². The van der Waals surface area contributed by atoms with E-state index in [2.05, 4.69) is 15.5 Å². The third kappa shape index (κ3) is 4.26. The number of carbonyl (C=O) groups excluding carboxylic acids is 1. The number of hydrogen-bond acceptors (Lipinski definition) is 6. The zero-order valence-corrected chi connectivity index (χ0v) is 13.4. The van der Waals surface area contributed by atoms with Crippen LogP contribution in [0.5, 0.6) is 11.5 Å². The minimum absolute atomic E-state index is 0.153. The second kappa shape index (κ2) is 7.51. The Labute approximate surface area is 142 Å². The number of nitrogens with one attached hydrogen (secondary N) is 1. The number of nitrogens with two attached hydrogens (primary N) is 1. The molecule has 0 atom stereocenters. The van der Waals surface area contributed by atoms with E-state index in [1.807, 2.05) is 30.3 Å². The van der Waals surface area contributed by atoms with Crippen molar-refractivity contribution in [1.82, 2.24) is 14.9 Å². The largest absolute Gasteiger partial charge is 0.457 e. The molecule has 24 heavy (non-hydrogen) atoms. The molecule has 0 aliphatic heterocycles. The summed E-state index contributed by atoms with van der Waals surface area (Å²) in [6, 6.07) is 16.7. The van der Waals surface area contributed by atoms with Crippen molar-refractivity contribution < 1.29 is 9.53 Å². The van der Waals surface area contributed by atoms with E-state index in [0.717, 1.165) is 5.75 Å². The number of thioether (sulfide) groups is 1. The Morgan fingerprint density at radius 2 is 1.83 bits per heavy atom. The Morgan fingerprint density at radius 1 is 1.12 bits per heavy atom. The van der Waals surface area contributed by atoms with Crippen LogP contribution in [0.15, 0.2) is 66.1 Å². The van der Waals surface area contributed by atoms with Crippen LogP contribution in [0.1, 0.15) is 0 Å². The van der Waals surface area contributed by atoms with Crippen LogP contribution < -0.4 is 15.9 Å². The van der Waals surface area contributed by atoms with Gasteiger partial charge in [0.1, 0.15) is 17.8 Å². The van der Waals surface area contributed by atoms with E-state index in [1.165, 1.54) is 22.8 Å². The fraction of sp³-hybridized carbons (Fsp3) is 0.0625. The molecule has 0 unspecified atom stereocenters. The topological polar surface area (TPSA) is 95.1 Å². The molecular formula is C16H15N5O2S. The Bertz CT molecular complexity index is 805. The monoisotopic (exact) mass is 341 g/mol. The average Bonchev–Trinajstić information content (AvgIpc) is 3.01. The molecular weight excluding hydrogens is 326 g/mol. The van der Waals surface area contributed by atoms with Gasteiger partial charge in [-0.2, -0.15) is 0 Å². The van der Waals surface area contributed by atoms with Crippen molar-refractivity contribution in [2.45, 2.75) is 5.16 Å². The first-order valence-electron chi connectivity index (χ1n) is 7.11. The van der Waals surface area contributed by atoms with Gasteiger partial charge in [-0.15, -0.1) is 10.2 Å². The van der Waals surface area contributed by atoms with Gasteiger partial charge in [-0.1, -0.05) is 30.0 Å². The highest BCUT2D eigenvalue weighted by atomic mass is 32.2. The lowest BCUT2D eigenvalue weighted by molar-refractivity contribution is -0.113. The molecule has 0 fully saturated rings. The third-order valence-corrected chi connectivity index (χ3v) is 3.95. The van der Waals surface area contributed by atoms with E-state index >= 15 is 0 Å². The predicted octanol–water partition coefficient (Wildman–Crippen LogP) is 2.52. The van der Waals surface area contributed by atoms with Crippen LogP contribution in [-0.2, 0) is 4.79 Å². The molecule has 0 saturated heterocycles. The highest BCUT2D eigenvalue weighted by molar-refractivity contribution is 7.99. The minimum Gasteiger partial charge on any atom is -0.457 e. The van der Waals surface area contributed by atoms with Gasteiger partial charge in [-0.05, 0) is 36.4 Å². The summed E-state index contributed by atoms with van der Waals surface area (Å²) in [5, 5.41) is 10.7. The molecule has 0 spiro atoms.